The van der Waals surface area contributed by atoms with Gasteiger partial charge in [0, 0.05) is 12.6 Å². The maximum Gasteiger partial charge on any atom is 0.411 e. The summed E-state index contributed by atoms with van der Waals surface area (Å²) in [6.07, 6.45) is -0.656. The fourth-order valence-corrected chi connectivity index (χ4v) is 1.75. The minimum Gasteiger partial charge on any atom is -0.444 e. The molecule has 2 rings (SSSR count). The van der Waals surface area contributed by atoms with Crippen LogP contribution in [0.1, 0.15) is 18.1 Å². The number of hydrogen-bond acceptors (Lipinski definition) is 6. The summed E-state index contributed by atoms with van der Waals surface area (Å²) < 4.78 is 5.08. The zero-order valence-electron chi connectivity index (χ0n) is 12.8. The molecule has 1 amide bonds. The van der Waals surface area contributed by atoms with Gasteiger partial charge in [-0.25, -0.2) is 9.59 Å². The number of rotatable bonds is 5. The normalized spacial score (nSPS) is 9.50. The molecule has 0 unspecified atom stereocenters. The fourth-order valence-electron chi connectivity index (χ4n) is 1.75. The first-order valence-corrected chi connectivity index (χ1v) is 6.95. The van der Waals surface area contributed by atoms with Gasteiger partial charge in [-0.15, -0.1) is 0 Å². The van der Waals surface area contributed by atoms with Gasteiger partial charge in [-0.3, -0.25) is 15.1 Å². The molecule has 7 nitrogen and oxygen atoms in total. The lowest BCUT2D eigenvalue weighted by atomic mass is 10.2. The first kappa shape index (κ1) is 16.8. The van der Waals surface area contributed by atoms with Crippen molar-refractivity contribution in [2.24, 2.45) is 0 Å². The summed E-state index contributed by atoms with van der Waals surface area (Å²) in [4.78, 5) is 31.6. The van der Waals surface area contributed by atoms with Gasteiger partial charge in [-0.1, -0.05) is 30.3 Å². The summed E-state index contributed by atoms with van der Waals surface area (Å²) in [6.45, 7) is 1.30. The average Bonchev–Trinajstić information content (AvgIpc) is 2.59. The molecule has 0 saturated heterocycles. The molecule has 0 aliphatic heterocycles. The molecular weight excluding hydrogens is 312 g/mol. The maximum absolute atomic E-state index is 11.8. The summed E-state index contributed by atoms with van der Waals surface area (Å²) in [5.41, 5.74) is 1.30. The van der Waals surface area contributed by atoms with Crippen molar-refractivity contribution >= 4 is 17.7 Å². The number of anilines is 1. The second-order valence-corrected chi connectivity index (χ2v) is 4.67. The average molecular weight is 326 g/mol. The Morgan fingerprint density at radius 1 is 1.17 bits per heavy atom. The summed E-state index contributed by atoms with van der Waals surface area (Å²) in [6, 6.07) is 15.4. The first-order valence-electron chi connectivity index (χ1n) is 6.95. The molecule has 122 valence electrons. The van der Waals surface area contributed by atoms with Gasteiger partial charge in [-0.2, -0.15) is 5.26 Å². The molecule has 0 saturated carbocycles. The summed E-state index contributed by atoms with van der Waals surface area (Å²) in [7, 11) is 0. The number of carbonyl (C=O) groups is 2. The summed E-state index contributed by atoms with van der Waals surface area (Å²) in [5, 5.41) is 11.6. The molecular formula is C17H14N2O5. The Morgan fingerprint density at radius 2 is 1.92 bits per heavy atom. The number of benzene rings is 2. The van der Waals surface area contributed by atoms with E-state index in [-0.39, 0.29) is 17.9 Å². The van der Waals surface area contributed by atoms with E-state index in [1.54, 1.807) is 0 Å². The second-order valence-electron chi connectivity index (χ2n) is 4.67. The topological polar surface area (TPSA) is 97.7 Å². The first-order chi connectivity index (χ1) is 11.6. The lowest BCUT2D eigenvalue weighted by Crippen LogP contribution is -2.13. The van der Waals surface area contributed by atoms with Crippen LogP contribution in [-0.2, 0) is 21.0 Å². The highest BCUT2D eigenvalue weighted by atomic mass is 17.2. The standard InChI is InChI=1S/C17H14N2O5/c1-12(20)23-24-16-8-7-15(9-14(16)10-18)19-17(21)22-11-13-5-3-2-4-6-13/h2-9H,11H2,1H3,(H,19,21). The van der Waals surface area contributed by atoms with Crippen molar-refractivity contribution in [3.63, 3.8) is 0 Å². The zero-order chi connectivity index (χ0) is 17.4. The van der Waals surface area contributed by atoms with Crippen molar-refractivity contribution in [2.45, 2.75) is 13.5 Å². The van der Waals surface area contributed by atoms with Crippen molar-refractivity contribution in [3.05, 3.63) is 59.7 Å². The molecule has 2 aromatic carbocycles. The van der Waals surface area contributed by atoms with Gasteiger partial charge in [0.05, 0.1) is 0 Å². The third-order valence-corrected chi connectivity index (χ3v) is 2.81. The van der Waals surface area contributed by atoms with Crippen LogP contribution in [0.3, 0.4) is 0 Å². The number of amides is 1. The van der Waals surface area contributed by atoms with E-state index in [2.05, 4.69) is 10.2 Å². The minimum absolute atomic E-state index is 0.0657. The molecule has 7 heteroatoms. The molecule has 0 heterocycles. The molecule has 0 aliphatic rings. The van der Waals surface area contributed by atoms with E-state index in [9.17, 15) is 9.59 Å². The van der Waals surface area contributed by atoms with E-state index in [0.29, 0.717) is 5.69 Å². The van der Waals surface area contributed by atoms with Gasteiger partial charge in [0.1, 0.15) is 18.2 Å². The van der Waals surface area contributed by atoms with Gasteiger partial charge >= 0.3 is 12.1 Å². The van der Waals surface area contributed by atoms with E-state index in [4.69, 9.17) is 14.9 Å². The van der Waals surface area contributed by atoms with Crippen LogP contribution in [0.2, 0.25) is 0 Å². The van der Waals surface area contributed by atoms with Gasteiger partial charge in [0.25, 0.3) is 0 Å². The number of hydrogen-bond donors (Lipinski definition) is 1. The lowest BCUT2D eigenvalue weighted by molar-refractivity contribution is -0.210. The Hall–Kier alpha value is -3.53. The van der Waals surface area contributed by atoms with E-state index >= 15 is 0 Å². The number of nitrogens with one attached hydrogen (secondary N) is 1. The molecule has 24 heavy (non-hydrogen) atoms. The number of nitriles is 1. The van der Waals surface area contributed by atoms with Crippen LogP contribution in [-0.4, -0.2) is 12.1 Å². The van der Waals surface area contributed by atoms with E-state index < -0.39 is 12.1 Å². The molecule has 0 atom stereocenters. The largest absolute Gasteiger partial charge is 0.444 e. The van der Waals surface area contributed by atoms with Gasteiger partial charge in [-0.05, 0) is 23.8 Å². The predicted octanol–water partition coefficient (Wildman–Crippen LogP) is 3.16. The molecule has 0 aromatic heterocycles. The van der Waals surface area contributed by atoms with E-state index in [0.717, 1.165) is 5.56 Å². The van der Waals surface area contributed by atoms with Gasteiger partial charge in [0.2, 0.25) is 0 Å². The predicted molar refractivity (Wildman–Crippen MR) is 83.8 cm³/mol. The van der Waals surface area contributed by atoms with Crippen LogP contribution in [0.25, 0.3) is 0 Å². The Labute approximate surface area is 138 Å². The molecule has 0 fully saturated rings. The van der Waals surface area contributed by atoms with Crippen LogP contribution < -0.4 is 10.2 Å². The molecule has 1 N–H and O–H groups in total. The zero-order valence-corrected chi connectivity index (χ0v) is 12.8. The number of nitrogens with zero attached hydrogens (tertiary/aromatic N) is 1. The Bertz CT molecular complexity index is 768. The third-order valence-electron chi connectivity index (χ3n) is 2.81. The second kappa shape index (κ2) is 8.19. The van der Waals surface area contributed by atoms with Crippen molar-refractivity contribution < 1.29 is 24.1 Å². The lowest BCUT2D eigenvalue weighted by Gasteiger charge is -2.09. The van der Waals surface area contributed by atoms with Crippen LogP contribution >= 0.6 is 0 Å². The number of carbonyl (C=O) groups excluding carboxylic acids is 2. The fraction of sp³-hybridized carbons (Fsp3) is 0.118. The van der Waals surface area contributed by atoms with Gasteiger partial charge in [0.15, 0.2) is 5.75 Å². The highest BCUT2D eigenvalue weighted by Gasteiger charge is 2.10. The van der Waals surface area contributed by atoms with Crippen LogP contribution in [0, 0.1) is 11.3 Å². The van der Waals surface area contributed by atoms with E-state index in [1.807, 2.05) is 36.4 Å². The quantitative estimate of drug-likeness (QED) is 0.669. The molecule has 0 aliphatic carbocycles. The SMILES string of the molecule is CC(=O)OOc1ccc(NC(=O)OCc2ccccc2)cc1C#N. The molecule has 2 aromatic rings. The molecule has 0 radical (unpaired) electrons. The Morgan fingerprint density at radius 3 is 2.58 bits per heavy atom. The monoisotopic (exact) mass is 326 g/mol. The van der Waals surface area contributed by atoms with Crippen molar-refractivity contribution in [2.75, 3.05) is 5.32 Å². The van der Waals surface area contributed by atoms with E-state index in [1.165, 1.54) is 25.1 Å². The Kier molecular flexibility index (Phi) is 5.75. The minimum atomic E-state index is -0.656. The summed E-state index contributed by atoms with van der Waals surface area (Å²) >= 11 is 0. The highest BCUT2D eigenvalue weighted by molar-refractivity contribution is 5.85. The van der Waals surface area contributed by atoms with Crippen molar-refractivity contribution in [1.29, 1.82) is 5.26 Å². The van der Waals surface area contributed by atoms with Crippen LogP contribution in [0.4, 0.5) is 10.5 Å². The van der Waals surface area contributed by atoms with Gasteiger partial charge < -0.3 is 4.74 Å². The van der Waals surface area contributed by atoms with Crippen LogP contribution in [0.15, 0.2) is 48.5 Å². The summed E-state index contributed by atoms with van der Waals surface area (Å²) in [5.74, 6) is -0.582. The highest BCUT2D eigenvalue weighted by Crippen LogP contribution is 2.22. The Balaban J connectivity index is 1.95. The maximum atomic E-state index is 11.8. The van der Waals surface area contributed by atoms with Crippen molar-refractivity contribution in [3.8, 4) is 11.8 Å². The number of ether oxygens (including phenoxy) is 1. The van der Waals surface area contributed by atoms with Crippen molar-refractivity contribution in [1.82, 2.24) is 0 Å². The van der Waals surface area contributed by atoms with Crippen LogP contribution in [0.5, 0.6) is 5.75 Å². The molecule has 0 spiro atoms. The third kappa shape index (κ3) is 5.03. The smallest absolute Gasteiger partial charge is 0.411 e. The molecule has 0 bridgehead atoms.